The number of hydrogen-bond donors (Lipinski definition) is 1. The molecule has 6 heteroatoms. The summed E-state index contributed by atoms with van der Waals surface area (Å²) >= 11 is 6.01. The Morgan fingerprint density at radius 3 is 2.44 bits per heavy atom. The molecule has 0 spiro atoms. The third-order valence-electron chi connectivity index (χ3n) is 4.93. The van der Waals surface area contributed by atoms with Gasteiger partial charge < -0.3 is 4.90 Å². The predicted molar refractivity (Wildman–Crippen MR) is 109 cm³/mol. The smallest absolute Gasteiger partial charge is 0.239 e. The predicted octanol–water partition coefficient (Wildman–Crippen LogP) is 4.14. The highest BCUT2D eigenvalue weighted by Gasteiger charge is 2.29. The molecule has 0 fully saturated rings. The molecule has 0 bridgehead atoms. The fourth-order valence-electron chi connectivity index (χ4n) is 3.69. The van der Waals surface area contributed by atoms with Crippen molar-refractivity contribution in [3.05, 3.63) is 94.5 Å². The van der Waals surface area contributed by atoms with Crippen molar-refractivity contribution in [2.45, 2.75) is 17.4 Å². The van der Waals surface area contributed by atoms with Crippen LogP contribution < -0.4 is 10.0 Å². The fourth-order valence-corrected chi connectivity index (χ4v) is 4.79. The van der Waals surface area contributed by atoms with Gasteiger partial charge in [0.1, 0.15) is 4.90 Å². The molecule has 4 nitrogen and oxygen atoms in total. The number of rotatable bonds is 4. The number of primary sulfonamides is 1. The van der Waals surface area contributed by atoms with Gasteiger partial charge in [-0.3, -0.25) is 0 Å². The molecule has 4 rings (SSSR count). The molecule has 1 aliphatic heterocycles. The SMILES string of the molecule is NS(=O)(=O)c1cc(CN2CC(c3ccccc3)c3ccccc32)ccc1Cl. The highest BCUT2D eigenvalue weighted by Crippen LogP contribution is 2.40. The Labute approximate surface area is 164 Å². The first-order valence-electron chi connectivity index (χ1n) is 8.63. The summed E-state index contributed by atoms with van der Waals surface area (Å²) in [6.45, 7) is 1.41. The van der Waals surface area contributed by atoms with Crippen LogP contribution in [0.1, 0.15) is 22.6 Å². The number of fused-ring (bicyclic) bond motifs is 1. The van der Waals surface area contributed by atoms with Crippen molar-refractivity contribution in [2.24, 2.45) is 5.14 Å². The Kier molecular flexibility index (Phi) is 4.68. The molecule has 1 unspecified atom stereocenters. The van der Waals surface area contributed by atoms with Crippen molar-refractivity contribution >= 4 is 27.3 Å². The highest BCUT2D eigenvalue weighted by atomic mass is 35.5. The second-order valence-corrected chi connectivity index (χ2v) is 8.65. The zero-order valence-corrected chi connectivity index (χ0v) is 16.1. The summed E-state index contributed by atoms with van der Waals surface area (Å²) in [5.41, 5.74) is 4.57. The van der Waals surface area contributed by atoms with Crippen LogP contribution in [0.15, 0.2) is 77.7 Å². The first-order valence-corrected chi connectivity index (χ1v) is 10.6. The molecule has 0 amide bonds. The molecular weight excluding hydrogens is 380 g/mol. The van der Waals surface area contributed by atoms with E-state index in [1.165, 1.54) is 16.8 Å². The number of benzene rings is 3. The Morgan fingerprint density at radius 2 is 1.70 bits per heavy atom. The van der Waals surface area contributed by atoms with Crippen LogP contribution in [-0.4, -0.2) is 15.0 Å². The molecule has 2 N–H and O–H groups in total. The lowest BCUT2D eigenvalue weighted by atomic mass is 9.93. The molecule has 1 atom stereocenters. The van der Waals surface area contributed by atoms with Gasteiger partial charge >= 0.3 is 0 Å². The number of nitrogens with zero attached hydrogens (tertiary/aromatic N) is 1. The second-order valence-electron chi connectivity index (χ2n) is 6.71. The average molecular weight is 399 g/mol. The summed E-state index contributed by atoms with van der Waals surface area (Å²) in [5, 5.41) is 5.43. The standard InChI is InChI=1S/C21H19ClN2O2S/c22-19-11-10-15(12-21(19)27(23,25)26)13-24-14-18(16-6-2-1-3-7-16)17-8-4-5-9-20(17)24/h1-12,18H,13-14H2,(H2,23,25,26). The maximum absolute atomic E-state index is 11.8. The van der Waals surface area contributed by atoms with E-state index in [0.29, 0.717) is 6.54 Å². The van der Waals surface area contributed by atoms with E-state index in [1.54, 1.807) is 12.1 Å². The van der Waals surface area contributed by atoms with Gasteiger partial charge in [0.15, 0.2) is 0 Å². The van der Waals surface area contributed by atoms with Crippen molar-refractivity contribution in [2.75, 3.05) is 11.4 Å². The van der Waals surface area contributed by atoms with E-state index in [4.69, 9.17) is 16.7 Å². The molecule has 138 valence electrons. The van der Waals surface area contributed by atoms with Gasteiger partial charge in [0.05, 0.1) is 5.02 Å². The number of halogens is 1. The first-order chi connectivity index (χ1) is 12.9. The number of nitrogens with two attached hydrogens (primary N) is 1. The monoisotopic (exact) mass is 398 g/mol. The van der Waals surface area contributed by atoms with Crippen molar-refractivity contribution in [1.82, 2.24) is 0 Å². The van der Waals surface area contributed by atoms with Gasteiger partial charge in [-0.05, 0) is 34.9 Å². The van der Waals surface area contributed by atoms with Crippen LogP contribution in [0.4, 0.5) is 5.69 Å². The van der Waals surface area contributed by atoms with E-state index < -0.39 is 10.0 Å². The second kappa shape index (κ2) is 7.00. The molecule has 1 heterocycles. The normalized spacial score (nSPS) is 16.4. The summed E-state index contributed by atoms with van der Waals surface area (Å²) in [7, 11) is -3.85. The van der Waals surface area contributed by atoms with Gasteiger partial charge in [-0.1, -0.05) is 66.2 Å². The van der Waals surface area contributed by atoms with Crippen LogP contribution >= 0.6 is 11.6 Å². The molecule has 3 aromatic rings. The third kappa shape index (κ3) is 3.58. The van der Waals surface area contributed by atoms with Crippen LogP contribution in [0, 0.1) is 0 Å². The van der Waals surface area contributed by atoms with E-state index in [9.17, 15) is 8.42 Å². The van der Waals surface area contributed by atoms with Crippen molar-refractivity contribution < 1.29 is 8.42 Å². The molecule has 0 aromatic heterocycles. The van der Waals surface area contributed by atoms with E-state index in [1.807, 2.05) is 18.2 Å². The van der Waals surface area contributed by atoms with Gasteiger partial charge in [-0.15, -0.1) is 0 Å². The third-order valence-corrected chi connectivity index (χ3v) is 6.33. The van der Waals surface area contributed by atoms with E-state index in [0.717, 1.165) is 12.1 Å². The maximum Gasteiger partial charge on any atom is 0.239 e. The number of sulfonamides is 1. The van der Waals surface area contributed by atoms with E-state index in [-0.39, 0.29) is 15.8 Å². The lowest BCUT2D eigenvalue weighted by molar-refractivity contribution is 0.597. The Hall–Kier alpha value is -2.34. The minimum Gasteiger partial charge on any atom is -0.366 e. The number of hydrogen-bond acceptors (Lipinski definition) is 3. The van der Waals surface area contributed by atoms with Crippen LogP contribution in [0.3, 0.4) is 0 Å². The van der Waals surface area contributed by atoms with Gasteiger partial charge in [-0.25, -0.2) is 13.6 Å². The lowest BCUT2D eigenvalue weighted by Gasteiger charge is -2.21. The van der Waals surface area contributed by atoms with E-state index >= 15 is 0 Å². The summed E-state index contributed by atoms with van der Waals surface area (Å²) < 4.78 is 23.5. The Morgan fingerprint density at radius 1 is 1.00 bits per heavy atom. The number of para-hydroxylation sites is 1. The molecule has 27 heavy (non-hydrogen) atoms. The number of anilines is 1. The average Bonchev–Trinajstić information content (AvgIpc) is 3.02. The molecule has 0 saturated carbocycles. The topological polar surface area (TPSA) is 63.4 Å². The van der Waals surface area contributed by atoms with Crippen molar-refractivity contribution in [3.8, 4) is 0 Å². The molecule has 0 aliphatic carbocycles. The summed E-state index contributed by atoms with van der Waals surface area (Å²) in [5.74, 6) is 0.285. The van der Waals surface area contributed by atoms with Gasteiger partial charge in [0, 0.05) is 24.7 Å². The van der Waals surface area contributed by atoms with Crippen molar-refractivity contribution in [1.29, 1.82) is 0 Å². The Bertz CT molecular complexity index is 1080. The summed E-state index contributed by atoms with van der Waals surface area (Å²) in [6, 6.07) is 23.8. The van der Waals surface area contributed by atoms with Crippen LogP contribution in [-0.2, 0) is 16.6 Å². The van der Waals surface area contributed by atoms with Gasteiger partial charge in [0.25, 0.3) is 0 Å². The maximum atomic E-state index is 11.8. The summed E-state index contributed by atoms with van der Waals surface area (Å²) in [6.07, 6.45) is 0. The molecule has 0 radical (unpaired) electrons. The zero-order valence-electron chi connectivity index (χ0n) is 14.5. The molecular formula is C21H19ClN2O2S. The molecule has 0 saturated heterocycles. The lowest BCUT2D eigenvalue weighted by Crippen LogP contribution is -2.22. The van der Waals surface area contributed by atoms with E-state index in [2.05, 4.69) is 47.4 Å². The minimum atomic E-state index is -3.85. The fraction of sp³-hybridized carbons (Fsp3) is 0.143. The largest absolute Gasteiger partial charge is 0.366 e. The van der Waals surface area contributed by atoms with Crippen LogP contribution in [0.2, 0.25) is 5.02 Å². The van der Waals surface area contributed by atoms with Crippen LogP contribution in [0.25, 0.3) is 0 Å². The van der Waals surface area contributed by atoms with Crippen molar-refractivity contribution in [3.63, 3.8) is 0 Å². The minimum absolute atomic E-state index is 0.0336. The quantitative estimate of drug-likeness (QED) is 0.718. The van der Waals surface area contributed by atoms with Crippen LogP contribution in [0.5, 0.6) is 0 Å². The van der Waals surface area contributed by atoms with Gasteiger partial charge in [-0.2, -0.15) is 0 Å². The Balaban J connectivity index is 1.68. The highest BCUT2D eigenvalue weighted by molar-refractivity contribution is 7.89. The van der Waals surface area contributed by atoms with Gasteiger partial charge in [0.2, 0.25) is 10.0 Å². The molecule has 1 aliphatic rings. The first kappa shape index (κ1) is 18.0. The summed E-state index contributed by atoms with van der Waals surface area (Å²) in [4.78, 5) is 2.23. The zero-order chi connectivity index (χ0) is 19.0. The molecule has 3 aromatic carbocycles.